The summed E-state index contributed by atoms with van der Waals surface area (Å²) < 4.78 is 0. The lowest BCUT2D eigenvalue weighted by molar-refractivity contribution is 0.518. The van der Waals surface area contributed by atoms with Crippen LogP contribution < -0.4 is 10.6 Å². The van der Waals surface area contributed by atoms with E-state index in [1.165, 1.54) is 35.3 Å². The average molecular weight is 294 g/mol. The normalized spacial score (nSPS) is 24.2. The van der Waals surface area contributed by atoms with Crippen LogP contribution in [0.3, 0.4) is 0 Å². The molecule has 22 heavy (non-hydrogen) atoms. The fourth-order valence-corrected chi connectivity index (χ4v) is 3.30. The number of nitrogens with one attached hydrogen (secondary N) is 2. The molecular weight excluding hydrogens is 268 g/mol. The predicted molar refractivity (Wildman–Crippen MR) is 95.6 cm³/mol. The topological polar surface area (TPSA) is 24.1 Å². The van der Waals surface area contributed by atoms with Gasteiger partial charge in [-0.15, -0.1) is 0 Å². The van der Waals surface area contributed by atoms with Gasteiger partial charge in [0.15, 0.2) is 0 Å². The molecule has 0 heterocycles. The standard InChI is InChI=1S/C20H26N2/c1-14-4-8-17(9-5-14)21-19-12-13-20(16(19)3)22-18-10-6-15(2)7-11-18/h4-11,16,19-22H,12-13H2,1-3H3. The Labute approximate surface area is 134 Å². The molecule has 0 spiro atoms. The van der Waals surface area contributed by atoms with Gasteiger partial charge in [0.2, 0.25) is 0 Å². The molecule has 1 aliphatic rings. The van der Waals surface area contributed by atoms with Crippen molar-refractivity contribution in [3.63, 3.8) is 0 Å². The van der Waals surface area contributed by atoms with Crippen molar-refractivity contribution in [3.8, 4) is 0 Å². The van der Waals surface area contributed by atoms with E-state index in [1.807, 2.05) is 0 Å². The number of benzene rings is 2. The van der Waals surface area contributed by atoms with Gasteiger partial charge in [-0.2, -0.15) is 0 Å². The second kappa shape index (κ2) is 6.43. The maximum atomic E-state index is 3.70. The molecule has 2 nitrogen and oxygen atoms in total. The molecule has 0 aromatic heterocycles. The third-order valence-corrected chi connectivity index (χ3v) is 4.87. The van der Waals surface area contributed by atoms with Gasteiger partial charge < -0.3 is 10.6 Å². The molecule has 116 valence electrons. The summed E-state index contributed by atoms with van der Waals surface area (Å²) in [6.07, 6.45) is 2.44. The average Bonchev–Trinajstić information content (AvgIpc) is 2.85. The molecule has 2 unspecified atom stereocenters. The highest BCUT2D eigenvalue weighted by molar-refractivity contribution is 5.48. The Bertz CT molecular complexity index is 545. The van der Waals surface area contributed by atoms with E-state index in [4.69, 9.17) is 0 Å². The van der Waals surface area contributed by atoms with E-state index in [1.54, 1.807) is 0 Å². The molecular formula is C20H26N2. The van der Waals surface area contributed by atoms with Crippen molar-refractivity contribution in [1.82, 2.24) is 0 Å². The van der Waals surface area contributed by atoms with Crippen molar-refractivity contribution < 1.29 is 0 Å². The number of aryl methyl sites for hydroxylation is 2. The molecule has 2 aromatic carbocycles. The smallest absolute Gasteiger partial charge is 0.0342 e. The molecule has 3 rings (SSSR count). The molecule has 0 radical (unpaired) electrons. The molecule has 1 fully saturated rings. The van der Waals surface area contributed by atoms with Crippen molar-refractivity contribution in [2.45, 2.75) is 45.7 Å². The van der Waals surface area contributed by atoms with Gasteiger partial charge in [0.05, 0.1) is 0 Å². The summed E-state index contributed by atoms with van der Waals surface area (Å²) >= 11 is 0. The zero-order valence-electron chi connectivity index (χ0n) is 13.8. The molecule has 2 N–H and O–H groups in total. The number of hydrogen-bond acceptors (Lipinski definition) is 2. The summed E-state index contributed by atoms with van der Waals surface area (Å²) in [5, 5.41) is 7.41. The summed E-state index contributed by atoms with van der Waals surface area (Å²) in [4.78, 5) is 0. The monoisotopic (exact) mass is 294 g/mol. The minimum atomic E-state index is 0.547. The van der Waals surface area contributed by atoms with Crippen LogP contribution in [0.1, 0.15) is 30.9 Å². The third kappa shape index (κ3) is 3.44. The van der Waals surface area contributed by atoms with Crippen LogP contribution in [0.2, 0.25) is 0 Å². The van der Waals surface area contributed by atoms with Gasteiger partial charge in [-0.1, -0.05) is 42.3 Å². The van der Waals surface area contributed by atoms with Crippen LogP contribution in [0.5, 0.6) is 0 Å². The van der Waals surface area contributed by atoms with Gasteiger partial charge in [0.1, 0.15) is 0 Å². The summed E-state index contributed by atoms with van der Waals surface area (Å²) in [5.74, 6) is 0.614. The summed E-state index contributed by atoms with van der Waals surface area (Å²) in [5.41, 5.74) is 5.09. The van der Waals surface area contributed by atoms with Crippen molar-refractivity contribution in [2.24, 2.45) is 5.92 Å². The molecule has 2 aromatic rings. The van der Waals surface area contributed by atoms with Crippen molar-refractivity contribution in [1.29, 1.82) is 0 Å². The van der Waals surface area contributed by atoms with Crippen LogP contribution in [-0.2, 0) is 0 Å². The first-order valence-corrected chi connectivity index (χ1v) is 8.28. The van der Waals surface area contributed by atoms with Gasteiger partial charge in [-0.25, -0.2) is 0 Å². The SMILES string of the molecule is Cc1ccc(NC2CCC(Nc3ccc(C)cc3)C2C)cc1. The van der Waals surface area contributed by atoms with Crippen LogP contribution >= 0.6 is 0 Å². The van der Waals surface area contributed by atoms with E-state index < -0.39 is 0 Å². The van der Waals surface area contributed by atoms with E-state index in [-0.39, 0.29) is 0 Å². The van der Waals surface area contributed by atoms with Gasteiger partial charge in [0, 0.05) is 23.5 Å². The van der Waals surface area contributed by atoms with Crippen LogP contribution in [0.15, 0.2) is 48.5 Å². The van der Waals surface area contributed by atoms with Gasteiger partial charge in [-0.3, -0.25) is 0 Å². The summed E-state index contributed by atoms with van der Waals surface area (Å²) in [7, 11) is 0. The van der Waals surface area contributed by atoms with Crippen molar-refractivity contribution >= 4 is 11.4 Å². The largest absolute Gasteiger partial charge is 0.382 e. The van der Waals surface area contributed by atoms with E-state index >= 15 is 0 Å². The molecule has 0 bridgehead atoms. The highest BCUT2D eigenvalue weighted by Gasteiger charge is 2.32. The second-order valence-electron chi connectivity index (χ2n) is 6.67. The summed E-state index contributed by atoms with van der Waals surface area (Å²) in [6, 6.07) is 18.5. The summed E-state index contributed by atoms with van der Waals surface area (Å²) in [6.45, 7) is 6.61. The Hall–Kier alpha value is -1.96. The van der Waals surface area contributed by atoms with Gasteiger partial charge >= 0.3 is 0 Å². The van der Waals surface area contributed by atoms with Crippen LogP contribution in [0.25, 0.3) is 0 Å². The predicted octanol–water partition coefficient (Wildman–Crippen LogP) is 4.99. The Balaban J connectivity index is 1.60. The number of rotatable bonds is 4. The first-order chi connectivity index (χ1) is 10.6. The maximum Gasteiger partial charge on any atom is 0.0342 e. The molecule has 2 heteroatoms. The van der Waals surface area contributed by atoms with Crippen molar-refractivity contribution in [3.05, 3.63) is 59.7 Å². The Morgan fingerprint density at radius 3 is 1.41 bits per heavy atom. The fourth-order valence-electron chi connectivity index (χ4n) is 3.30. The van der Waals surface area contributed by atoms with Gasteiger partial charge in [0.25, 0.3) is 0 Å². The molecule has 1 saturated carbocycles. The Morgan fingerprint density at radius 1 is 0.682 bits per heavy atom. The van der Waals surface area contributed by atoms with E-state index in [2.05, 4.69) is 79.9 Å². The van der Waals surface area contributed by atoms with Crippen LogP contribution in [-0.4, -0.2) is 12.1 Å². The second-order valence-corrected chi connectivity index (χ2v) is 6.67. The molecule has 0 saturated heterocycles. The first kappa shape index (κ1) is 15.0. The zero-order chi connectivity index (χ0) is 15.5. The highest BCUT2D eigenvalue weighted by Crippen LogP contribution is 2.31. The molecule has 0 aliphatic heterocycles. The minimum Gasteiger partial charge on any atom is -0.382 e. The van der Waals surface area contributed by atoms with Gasteiger partial charge in [-0.05, 0) is 56.9 Å². The lowest BCUT2D eigenvalue weighted by atomic mass is 10.0. The van der Waals surface area contributed by atoms with Crippen LogP contribution in [0, 0.1) is 19.8 Å². The highest BCUT2D eigenvalue weighted by atomic mass is 15.0. The lowest BCUT2D eigenvalue weighted by Crippen LogP contribution is -2.31. The maximum absolute atomic E-state index is 3.70. The van der Waals surface area contributed by atoms with Crippen LogP contribution in [0.4, 0.5) is 11.4 Å². The molecule has 1 aliphatic carbocycles. The van der Waals surface area contributed by atoms with E-state index in [0.717, 1.165) is 0 Å². The Morgan fingerprint density at radius 2 is 1.05 bits per heavy atom. The van der Waals surface area contributed by atoms with E-state index in [0.29, 0.717) is 18.0 Å². The number of hydrogen-bond donors (Lipinski definition) is 2. The first-order valence-electron chi connectivity index (χ1n) is 8.28. The van der Waals surface area contributed by atoms with Crippen molar-refractivity contribution in [2.75, 3.05) is 10.6 Å². The zero-order valence-corrected chi connectivity index (χ0v) is 13.8. The molecule has 2 atom stereocenters. The quantitative estimate of drug-likeness (QED) is 0.829. The van der Waals surface area contributed by atoms with E-state index in [9.17, 15) is 0 Å². The minimum absolute atomic E-state index is 0.547. The Kier molecular flexibility index (Phi) is 4.37. The molecule has 0 amide bonds. The lowest BCUT2D eigenvalue weighted by Gasteiger charge is -2.24. The third-order valence-electron chi connectivity index (χ3n) is 4.87. The fraction of sp³-hybridized carbons (Fsp3) is 0.400. The number of anilines is 2.